The van der Waals surface area contributed by atoms with Crippen LogP contribution in [0.15, 0.2) is 0 Å². The van der Waals surface area contributed by atoms with Gasteiger partial charge in [-0.1, -0.05) is 0 Å². The monoisotopic (exact) mass is 218 g/mol. The van der Waals surface area contributed by atoms with Crippen LogP contribution < -0.4 is 10.6 Å². The molecule has 0 aromatic rings. The predicted molar refractivity (Wildman–Crippen MR) is 56.0 cm³/mol. The zero-order chi connectivity index (χ0) is 10.0. The van der Waals surface area contributed by atoms with E-state index < -0.39 is 9.84 Å². The smallest absolute Gasteiger partial charge is 0.153 e. The van der Waals surface area contributed by atoms with Crippen LogP contribution in [0.5, 0.6) is 0 Å². The fourth-order valence-corrected chi connectivity index (χ4v) is 3.50. The second-order valence-electron chi connectivity index (χ2n) is 4.38. The van der Waals surface area contributed by atoms with Crippen molar-refractivity contribution < 1.29 is 8.42 Å². The van der Waals surface area contributed by atoms with Gasteiger partial charge in [-0.05, 0) is 38.4 Å². The van der Waals surface area contributed by atoms with Crippen molar-refractivity contribution in [1.29, 1.82) is 0 Å². The van der Waals surface area contributed by atoms with Gasteiger partial charge in [0.25, 0.3) is 0 Å². The molecule has 0 aromatic carbocycles. The van der Waals surface area contributed by atoms with Crippen molar-refractivity contribution in [1.82, 2.24) is 10.6 Å². The van der Waals surface area contributed by atoms with Gasteiger partial charge in [-0.2, -0.15) is 0 Å². The molecule has 2 rings (SSSR count). The van der Waals surface area contributed by atoms with Gasteiger partial charge in [0.2, 0.25) is 0 Å². The summed E-state index contributed by atoms with van der Waals surface area (Å²) < 4.78 is 21.7. The number of nitrogens with one attached hydrogen (secondary N) is 2. The lowest BCUT2D eigenvalue weighted by Crippen LogP contribution is -2.51. The highest BCUT2D eigenvalue weighted by Gasteiger charge is 2.32. The van der Waals surface area contributed by atoms with Crippen molar-refractivity contribution in [2.75, 3.05) is 31.1 Å². The van der Waals surface area contributed by atoms with E-state index in [1.165, 1.54) is 12.8 Å². The number of hydrogen-bond donors (Lipinski definition) is 2. The summed E-state index contributed by atoms with van der Waals surface area (Å²) in [6.07, 6.45) is 2.44. The van der Waals surface area contributed by atoms with Crippen molar-refractivity contribution in [3.63, 3.8) is 0 Å². The first kappa shape index (κ1) is 10.4. The molecule has 14 heavy (non-hydrogen) atoms. The first-order chi connectivity index (χ1) is 6.66. The summed E-state index contributed by atoms with van der Waals surface area (Å²) in [5.41, 5.74) is 0. The Morgan fingerprint density at radius 2 is 2.14 bits per heavy atom. The molecule has 2 N–H and O–H groups in total. The Morgan fingerprint density at radius 1 is 1.36 bits per heavy atom. The Morgan fingerprint density at radius 3 is 2.71 bits per heavy atom. The van der Waals surface area contributed by atoms with Crippen LogP contribution in [0.4, 0.5) is 0 Å². The van der Waals surface area contributed by atoms with E-state index in [1.54, 1.807) is 0 Å². The van der Waals surface area contributed by atoms with Crippen molar-refractivity contribution >= 4 is 9.84 Å². The van der Waals surface area contributed by atoms with Gasteiger partial charge < -0.3 is 10.6 Å². The predicted octanol–water partition coefficient (Wildman–Crippen LogP) is -0.627. The lowest BCUT2D eigenvalue weighted by Gasteiger charge is -2.27. The molecule has 0 bridgehead atoms. The summed E-state index contributed by atoms with van der Waals surface area (Å²) in [4.78, 5) is 0. The minimum Gasteiger partial charge on any atom is -0.316 e. The summed E-state index contributed by atoms with van der Waals surface area (Å²) >= 11 is 0. The maximum atomic E-state index is 10.9. The molecule has 0 spiro atoms. The van der Waals surface area contributed by atoms with Crippen molar-refractivity contribution in [3.05, 3.63) is 0 Å². The molecule has 5 heteroatoms. The average molecular weight is 218 g/mol. The molecule has 0 radical (unpaired) electrons. The second-order valence-corrected chi connectivity index (χ2v) is 6.53. The van der Waals surface area contributed by atoms with Crippen molar-refractivity contribution in [2.45, 2.75) is 18.9 Å². The number of hydrogen-bond acceptors (Lipinski definition) is 4. The molecular formula is C9H18N2O2S. The Labute approximate surface area is 85.4 Å². The first-order valence-corrected chi connectivity index (χ1v) is 7.12. The van der Waals surface area contributed by atoms with Crippen LogP contribution in [0, 0.1) is 5.92 Å². The largest absolute Gasteiger partial charge is 0.316 e. The zero-order valence-electron chi connectivity index (χ0n) is 8.33. The van der Waals surface area contributed by atoms with E-state index in [-0.39, 0.29) is 6.04 Å². The van der Waals surface area contributed by atoms with Crippen LogP contribution in [0.1, 0.15) is 12.8 Å². The van der Waals surface area contributed by atoms with Gasteiger partial charge >= 0.3 is 0 Å². The molecule has 0 saturated carbocycles. The van der Waals surface area contributed by atoms with E-state index in [9.17, 15) is 8.42 Å². The van der Waals surface area contributed by atoms with Crippen LogP contribution in [0.3, 0.4) is 0 Å². The molecule has 2 saturated heterocycles. The van der Waals surface area contributed by atoms with Crippen molar-refractivity contribution in [2.24, 2.45) is 5.92 Å². The molecule has 0 amide bonds. The summed E-state index contributed by atoms with van der Waals surface area (Å²) in [5.74, 6) is 1.48. The molecule has 2 aliphatic heterocycles. The fourth-order valence-electron chi connectivity index (χ4n) is 2.13. The molecule has 2 fully saturated rings. The molecule has 2 heterocycles. The van der Waals surface area contributed by atoms with E-state index in [0.29, 0.717) is 11.5 Å². The zero-order valence-corrected chi connectivity index (χ0v) is 9.15. The van der Waals surface area contributed by atoms with Gasteiger partial charge in [-0.15, -0.1) is 0 Å². The molecule has 1 unspecified atom stereocenters. The highest BCUT2D eigenvalue weighted by molar-refractivity contribution is 7.92. The standard InChI is InChI=1S/C9H18N2O2S/c12-14(13)6-9(7-14)11-4-2-8-1-3-10-5-8/h8-11H,1-7H2. The molecule has 2 aliphatic rings. The maximum absolute atomic E-state index is 10.9. The summed E-state index contributed by atoms with van der Waals surface area (Å²) in [5, 5.41) is 6.62. The lowest BCUT2D eigenvalue weighted by molar-refractivity contribution is 0.460. The van der Waals surface area contributed by atoms with Crippen LogP contribution >= 0.6 is 0 Å². The normalized spacial score (nSPS) is 31.6. The van der Waals surface area contributed by atoms with Gasteiger partial charge in [0.05, 0.1) is 11.5 Å². The molecule has 4 nitrogen and oxygen atoms in total. The van der Waals surface area contributed by atoms with Gasteiger partial charge in [-0.3, -0.25) is 0 Å². The van der Waals surface area contributed by atoms with E-state index >= 15 is 0 Å². The average Bonchev–Trinajstić information content (AvgIpc) is 2.53. The van der Waals surface area contributed by atoms with Crippen LogP contribution in [-0.2, 0) is 9.84 Å². The molecule has 0 aliphatic carbocycles. The van der Waals surface area contributed by atoms with Crippen LogP contribution in [0.2, 0.25) is 0 Å². The lowest BCUT2D eigenvalue weighted by atomic mass is 10.1. The van der Waals surface area contributed by atoms with Crippen LogP contribution in [-0.4, -0.2) is 45.6 Å². The van der Waals surface area contributed by atoms with Gasteiger partial charge in [-0.25, -0.2) is 8.42 Å². The number of sulfone groups is 1. The van der Waals surface area contributed by atoms with E-state index in [1.807, 2.05) is 0 Å². The molecule has 1 atom stereocenters. The Balaban J connectivity index is 1.56. The third-order valence-electron chi connectivity index (χ3n) is 3.06. The summed E-state index contributed by atoms with van der Waals surface area (Å²) in [6.45, 7) is 3.24. The summed E-state index contributed by atoms with van der Waals surface area (Å²) in [6, 6.07) is 0.231. The van der Waals surface area contributed by atoms with E-state index in [0.717, 1.165) is 25.6 Å². The topological polar surface area (TPSA) is 58.2 Å². The summed E-state index contributed by atoms with van der Waals surface area (Å²) in [7, 11) is -2.65. The third-order valence-corrected chi connectivity index (χ3v) is 4.88. The maximum Gasteiger partial charge on any atom is 0.153 e. The molecule has 82 valence electrons. The van der Waals surface area contributed by atoms with Gasteiger partial charge in [0.1, 0.15) is 0 Å². The minimum atomic E-state index is -2.65. The van der Waals surface area contributed by atoms with Gasteiger partial charge in [0.15, 0.2) is 9.84 Å². The Kier molecular flexibility index (Phi) is 3.09. The van der Waals surface area contributed by atoms with Crippen molar-refractivity contribution in [3.8, 4) is 0 Å². The fraction of sp³-hybridized carbons (Fsp3) is 1.00. The quantitative estimate of drug-likeness (QED) is 0.660. The molecular weight excluding hydrogens is 200 g/mol. The highest BCUT2D eigenvalue weighted by atomic mass is 32.2. The third kappa shape index (κ3) is 2.68. The van der Waals surface area contributed by atoms with Crippen LogP contribution in [0.25, 0.3) is 0 Å². The molecule has 0 aromatic heterocycles. The number of rotatable bonds is 4. The second kappa shape index (κ2) is 4.16. The first-order valence-electron chi connectivity index (χ1n) is 5.30. The highest BCUT2D eigenvalue weighted by Crippen LogP contribution is 2.13. The minimum absolute atomic E-state index is 0.231. The SMILES string of the molecule is O=S1(=O)CC(NCCC2CCNC2)C1. The van der Waals surface area contributed by atoms with Gasteiger partial charge in [0, 0.05) is 6.04 Å². The Hall–Kier alpha value is -0.130. The van der Waals surface area contributed by atoms with E-state index in [4.69, 9.17) is 0 Å². The van der Waals surface area contributed by atoms with E-state index in [2.05, 4.69) is 10.6 Å². The Bertz CT molecular complexity index is 271.